The van der Waals surface area contributed by atoms with Gasteiger partial charge in [-0.3, -0.25) is 9.48 Å². The monoisotopic (exact) mass is 333 g/mol. The van der Waals surface area contributed by atoms with Crippen LogP contribution in [-0.2, 0) is 7.05 Å². The van der Waals surface area contributed by atoms with Gasteiger partial charge in [0.25, 0.3) is 0 Å². The second-order valence-electron chi connectivity index (χ2n) is 6.05. The second-order valence-corrected chi connectivity index (χ2v) is 6.05. The van der Waals surface area contributed by atoms with Crippen LogP contribution in [-0.4, -0.2) is 45.2 Å². The zero-order valence-electron chi connectivity index (χ0n) is 14.5. The molecule has 6 nitrogen and oxygen atoms in total. The summed E-state index contributed by atoms with van der Waals surface area (Å²) in [6, 6.07) is 7.59. The first-order valence-corrected chi connectivity index (χ1v) is 8.44. The number of allylic oxidation sites excluding steroid dienone is 2. The number of carbonyl (C=O) groups excluding carboxylic acids is 1. The molecule has 2 heterocycles. The average molecular weight is 333 g/mol. The summed E-state index contributed by atoms with van der Waals surface area (Å²) in [5, 5.41) is 4.21. The number of hydrogen-bond donors (Lipinski definition) is 0. The number of hydrogen-bond acceptors (Lipinski definition) is 5. The van der Waals surface area contributed by atoms with E-state index in [0.717, 1.165) is 29.9 Å². The second kappa shape index (κ2) is 5.81. The summed E-state index contributed by atoms with van der Waals surface area (Å²) in [4.78, 5) is 24.7. The maximum absolute atomic E-state index is 13.2. The van der Waals surface area contributed by atoms with Crippen molar-refractivity contribution in [1.82, 2.24) is 14.7 Å². The summed E-state index contributed by atoms with van der Waals surface area (Å²) in [5.74, 6) is 0.642. The zero-order valence-corrected chi connectivity index (χ0v) is 14.5. The van der Waals surface area contributed by atoms with Crippen LogP contribution in [0.2, 0.25) is 0 Å². The molecule has 6 heteroatoms. The fourth-order valence-corrected chi connectivity index (χ4v) is 3.29. The Morgan fingerprint density at radius 1 is 1.08 bits per heavy atom. The molecule has 0 N–H and O–H groups in total. The molecule has 2 aliphatic rings. The van der Waals surface area contributed by atoms with Gasteiger partial charge in [-0.1, -0.05) is 24.3 Å². The molecule has 25 heavy (non-hydrogen) atoms. The Labute approximate surface area is 146 Å². The van der Waals surface area contributed by atoms with E-state index < -0.39 is 0 Å². The summed E-state index contributed by atoms with van der Waals surface area (Å²) in [6.07, 6.45) is 3.55. The van der Waals surface area contributed by atoms with E-state index in [1.165, 1.54) is 0 Å². The molecule has 0 saturated carbocycles. The van der Waals surface area contributed by atoms with E-state index in [1.54, 1.807) is 10.9 Å². The minimum absolute atomic E-state index is 0.0258. The third-order valence-electron chi connectivity index (χ3n) is 4.58. The van der Waals surface area contributed by atoms with Gasteiger partial charge in [-0.2, -0.15) is 5.10 Å². The van der Waals surface area contributed by atoms with Crippen molar-refractivity contribution in [1.29, 1.82) is 0 Å². The fourth-order valence-electron chi connectivity index (χ4n) is 3.29. The molecule has 0 radical (unpaired) electrons. The molecule has 4 rings (SSSR count). The molecule has 1 aliphatic carbocycles. The van der Waals surface area contributed by atoms with E-state index in [1.807, 2.05) is 37.5 Å². The predicted molar refractivity (Wildman–Crippen MR) is 97.8 cm³/mol. The van der Waals surface area contributed by atoms with Crippen molar-refractivity contribution >= 4 is 23.0 Å². The normalized spacial score (nSPS) is 15.7. The SMILES string of the molecule is CCN(CC)C1=NC2=C(c3cnn(C)c3)C(=O)c3ccccc3C2=N1. The van der Waals surface area contributed by atoms with E-state index in [9.17, 15) is 4.79 Å². The Bertz CT molecular complexity index is 960. The van der Waals surface area contributed by atoms with Crippen molar-refractivity contribution in [2.45, 2.75) is 13.8 Å². The molecule has 0 spiro atoms. The van der Waals surface area contributed by atoms with E-state index in [2.05, 4.69) is 23.8 Å². The van der Waals surface area contributed by atoms with Gasteiger partial charge in [-0.15, -0.1) is 0 Å². The Hall–Kier alpha value is -3.02. The smallest absolute Gasteiger partial charge is 0.226 e. The number of benzene rings is 1. The number of fused-ring (bicyclic) bond motifs is 3. The zero-order chi connectivity index (χ0) is 17.6. The molecule has 2 aromatic rings. The van der Waals surface area contributed by atoms with Gasteiger partial charge in [0.2, 0.25) is 5.96 Å². The predicted octanol–water partition coefficient (Wildman–Crippen LogP) is 2.53. The summed E-state index contributed by atoms with van der Waals surface area (Å²) in [6.45, 7) is 5.78. The highest BCUT2D eigenvalue weighted by molar-refractivity contribution is 6.43. The third kappa shape index (κ3) is 2.33. The van der Waals surface area contributed by atoms with Crippen molar-refractivity contribution in [2.75, 3.05) is 13.1 Å². The van der Waals surface area contributed by atoms with Crippen molar-refractivity contribution < 1.29 is 4.79 Å². The first-order valence-electron chi connectivity index (χ1n) is 8.44. The van der Waals surface area contributed by atoms with E-state index >= 15 is 0 Å². The van der Waals surface area contributed by atoms with Crippen LogP contribution in [0.25, 0.3) is 5.57 Å². The summed E-state index contributed by atoms with van der Waals surface area (Å²) >= 11 is 0. The van der Waals surface area contributed by atoms with Gasteiger partial charge in [0.15, 0.2) is 5.78 Å². The van der Waals surface area contributed by atoms with Crippen LogP contribution in [0.1, 0.15) is 35.3 Å². The van der Waals surface area contributed by atoms with Gasteiger partial charge in [-0.05, 0) is 13.8 Å². The lowest BCUT2D eigenvalue weighted by Gasteiger charge is -2.18. The first kappa shape index (κ1) is 15.5. The average Bonchev–Trinajstić information content (AvgIpc) is 3.24. The molecule has 0 atom stereocenters. The molecule has 1 aromatic carbocycles. The van der Waals surface area contributed by atoms with Crippen molar-refractivity contribution in [3.8, 4) is 0 Å². The highest BCUT2D eigenvalue weighted by atomic mass is 16.1. The third-order valence-corrected chi connectivity index (χ3v) is 4.58. The van der Waals surface area contributed by atoms with Crippen molar-refractivity contribution in [3.63, 3.8) is 0 Å². The maximum atomic E-state index is 13.2. The van der Waals surface area contributed by atoms with E-state index in [-0.39, 0.29) is 5.78 Å². The number of aryl methyl sites for hydroxylation is 1. The standard InChI is InChI=1S/C19H19N5O/c1-4-24(5-2)19-21-16-13-8-6-7-9-14(13)18(25)15(17(16)22-19)12-10-20-23(3)11-12/h6-11H,4-5H2,1-3H3. The van der Waals surface area contributed by atoms with Crippen molar-refractivity contribution in [2.24, 2.45) is 17.0 Å². The van der Waals surface area contributed by atoms with Gasteiger partial charge < -0.3 is 4.90 Å². The maximum Gasteiger partial charge on any atom is 0.226 e. The van der Waals surface area contributed by atoms with Crippen LogP contribution in [0, 0.1) is 0 Å². The number of Topliss-reactive ketones (excluding diaryl/α,β-unsaturated/α-hetero) is 1. The quantitative estimate of drug-likeness (QED) is 0.867. The number of nitrogens with zero attached hydrogens (tertiary/aromatic N) is 5. The largest absolute Gasteiger partial charge is 0.341 e. The number of carbonyl (C=O) groups is 1. The lowest BCUT2D eigenvalue weighted by molar-refractivity contribution is 0.105. The molecule has 0 fully saturated rings. The van der Waals surface area contributed by atoms with E-state index in [0.29, 0.717) is 22.8 Å². The van der Waals surface area contributed by atoms with Crippen LogP contribution < -0.4 is 0 Å². The molecule has 0 unspecified atom stereocenters. The van der Waals surface area contributed by atoms with Crippen LogP contribution >= 0.6 is 0 Å². The van der Waals surface area contributed by atoms with Crippen LogP contribution in [0.15, 0.2) is 52.3 Å². The molecular weight excluding hydrogens is 314 g/mol. The molecule has 0 amide bonds. The van der Waals surface area contributed by atoms with Crippen LogP contribution in [0.3, 0.4) is 0 Å². The number of ketones is 1. The van der Waals surface area contributed by atoms with Gasteiger partial charge >= 0.3 is 0 Å². The lowest BCUT2D eigenvalue weighted by atomic mass is 9.85. The fraction of sp³-hybridized carbons (Fsp3) is 0.263. The highest BCUT2D eigenvalue weighted by Crippen LogP contribution is 2.35. The Kier molecular flexibility index (Phi) is 3.60. The van der Waals surface area contributed by atoms with Crippen LogP contribution in [0.5, 0.6) is 0 Å². The molecular formula is C19H19N5O. The molecule has 0 saturated heterocycles. The summed E-state index contributed by atoms with van der Waals surface area (Å²) in [7, 11) is 1.84. The Morgan fingerprint density at radius 3 is 2.44 bits per heavy atom. The Balaban J connectivity index is 1.97. The molecule has 1 aliphatic heterocycles. The van der Waals surface area contributed by atoms with E-state index in [4.69, 9.17) is 9.98 Å². The number of guanidine groups is 1. The lowest BCUT2D eigenvalue weighted by Crippen LogP contribution is -2.28. The van der Waals surface area contributed by atoms with Gasteiger partial charge in [0.05, 0.1) is 11.8 Å². The number of rotatable bonds is 3. The number of aromatic nitrogens is 2. The minimum Gasteiger partial charge on any atom is -0.341 e. The minimum atomic E-state index is -0.0258. The highest BCUT2D eigenvalue weighted by Gasteiger charge is 2.35. The topological polar surface area (TPSA) is 62.9 Å². The molecule has 0 bridgehead atoms. The first-order chi connectivity index (χ1) is 12.1. The van der Waals surface area contributed by atoms with Gasteiger partial charge in [-0.25, -0.2) is 9.98 Å². The van der Waals surface area contributed by atoms with Gasteiger partial charge in [0.1, 0.15) is 11.4 Å². The van der Waals surface area contributed by atoms with Gasteiger partial charge in [0, 0.05) is 43.0 Å². The molecule has 1 aromatic heterocycles. The van der Waals surface area contributed by atoms with Crippen LogP contribution in [0.4, 0.5) is 0 Å². The molecule has 126 valence electrons. The summed E-state index contributed by atoms with van der Waals surface area (Å²) in [5.41, 5.74) is 4.29. The summed E-state index contributed by atoms with van der Waals surface area (Å²) < 4.78 is 1.69. The number of aliphatic imine (C=N–C) groups is 2. The Morgan fingerprint density at radius 2 is 1.80 bits per heavy atom. The van der Waals surface area contributed by atoms with Crippen molar-refractivity contribution in [3.05, 3.63) is 59.0 Å².